The van der Waals surface area contributed by atoms with Gasteiger partial charge in [-0.15, -0.1) is 0 Å². The fraction of sp³-hybridized carbons (Fsp3) is 0.769. The molecule has 0 aromatic heterocycles. The molecule has 4 nitrogen and oxygen atoms in total. The summed E-state index contributed by atoms with van der Waals surface area (Å²) in [7, 11) is 0. The van der Waals surface area contributed by atoms with Crippen molar-refractivity contribution in [2.75, 3.05) is 6.61 Å². The molecule has 0 radical (unpaired) electrons. The second-order valence-electron chi connectivity index (χ2n) is 4.81. The third-order valence-electron chi connectivity index (χ3n) is 2.92. The lowest BCUT2D eigenvalue weighted by Crippen LogP contribution is -2.31. The maximum atomic E-state index is 11.9. The maximum Gasteiger partial charge on any atom is 0.316 e. The summed E-state index contributed by atoms with van der Waals surface area (Å²) < 4.78 is 4.86. The van der Waals surface area contributed by atoms with Gasteiger partial charge in [0.1, 0.15) is 17.5 Å². The Labute approximate surface area is 102 Å². The van der Waals surface area contributed by atoms with Crippen molar-refractivity contribution in [1.82, 2.24) is 0 Å². The molecular formula is C13H20O4. The summed E-state index contributed by atoms with van der Waals surface area (Å²) in [6.45, 7) is 5.39. The van der Waals surface area contributed by atoms with Gasteiger partial charge < -0.3 is 4.74 Å². The van der Waals surface area contributed by atoms with E-state index in [9.17, 15) is 14.4 Å². The lowest BCUT2D eigenvalue weighted by atomic mass is 9.90. The van der Waals surface area contributed by atoms with Crippen molar-refractivity contribution in [3.63, 3.8) is 0 Å². The molecule has 1 rings (SSSR count). The number of ketones is 2. The van der Waals surface area contributed by atoms with Crippen molar-refractivity contribution in [1.29, 1.82) is 0 Å². The topological polar surface area (TPSA) is 60.4 Å². The molecule has 1 unspecified atom stereocenters. The zero-order chi connectivity index (χ0) is 13.0. The molecule has 1 fully saturated rings. The number of esters is 1. The minimum Gasteiger partial charge on any atom is -0.465 e. The zero-order valence-corrected chi connectivity index (χ0v) is 10.7. The normalized spacial score (nSPS) is 16.7. The van der Waals surface area contributed by atoms with Gasteiger partial charge in [-0.2, -0.15) is 0 Å². The van der Waals surface area contributed by atoms with Gasteiger partial charge in [0.15, 0.2) is 0 Å². The predicted octanol–water partition coefficient (Wildman–Crippen LogP) is 1.76. The van der Waals surface area contributed by atoms with E-state index in [0.29, 0.717) is 0 Å². The van der Waals surface area contributed by atoms with Crippen LogP contribution < -0.4 is 0 Å². The van der Waals surface area contributed by atoms with E-state index in [-0.39, 0.29) is 36.4 Å². The molecule has 0 amide bonds. The minimum atomic E-state index is -0.900. The fourth-order valence-electron chi connectivity index (χ4n) is 1.72. The van der Waals surface area contributed by atoms with Gasteiger partial charge >= 0.3 is 5.97 Å². The Hall–Kier alpha value is -1.19. The van der Waals surface area contributed by atoms with Crippen molar-refractivity contribution in [2.24, 2.45) is 17.8 Å². The van der Waals surface area contributed by atoms with Crippen LogP contribution in [-0.2, 0) is 19.1 Å². The van der Waals surface area contributed by atoms with Crippen molar-refractivity contribution in [3.8, 4) is 0 Å². The van der Waals surface area contributed by atoms with Crippen LogP contribution in [0, 0.1) is 17.8 Å². The zero-order valence-electron chi connectivity index (χ0n) is 10.7. The van der Waals surface area contributed by atoms with Crippen LogP contribution in [0.2, 0.25) is 0 Å². The van der Waals surface area contributed by atoms with Gasteiger partial charge in [-0.1, -0.05) is 13.8 Å². The van der Waals surface area contributed by atoms with Gasteiger partial charge in [0.25, 0.3) is 0 Å². The van der Waals surface area contributed by atoms with Gasteiger partial charge in [0.05, 0.1) is 6.61 Å². The lowest BCUT2D eigenvalue weighted by Gasteiger charge is -2.15. The van der Waals surface area contributed by atoms with Gasteiger partial charge in [0, 0.05) is 18.3 Å². The molecule has 4 heteroatoms. The molecule has 0 spiro atoms. The SMILES string of the molecule is CCOC(=O)C(CC(=O)C1CC1)C(=O)C(C)C. The van der Waals surface area contributed by atoms with E-state index in [4.69, 9.17) is 4.74 Å². The summed E-state index contributed by atoms with van der Waals surface area (Å²) in [6.07, 6.45) is 1.80. The molecular weight excluding hydrogens is 220 g/mol. The molecule has 0 bridgehead atoms. The van der Waals surface area contributed by atoms with Crippen molar-refractivity contribution in [2.45, 2.75) is 40.0 Å². The number of ether oxygens (including phenoxy) is 1. The Kier molecular flexibility index (Phi) is 4.85. The van der Waals surface area contributed by atoms with E-state index >= 15 is 0 Å². The highest BCUT2D eigenvalue weighted by Crippen LogP contribution is 2.32. The molecule has 0 saturated heterocycles. The second kappa shape index (κ2) is 5.94. The van der Waals surface area contributed by atoms with Crippen LogP contribution >= 0.6 is 0 Å². The molecule has 17 heavy (non-hydrogen) atoms. The quantitative estimate of drug-likeness (QED) is 0.502. The molecule has 0 aromatic rings. The highest BCUT2D eigenvalue weighted by molar-refractivity contribution is 6.03. The largest absolute Gasteiger partial charge is 0.465 e. The molecule has 0 N–H and O–H groups in total. The van der Waals surface area contributed by atoms with Crippen LogP contribution in [0.5, 0.6) is 0 Å². The molecule has 0 aromatic carbocycles. The summed E-state index contributed by atoms with van der Waals surface area (Å²) in [6, 6.07) is 0. The number of carbonyl (C=O) groups excluding carboxylic acids is 3. The molecule has 1 saturated carbocycles. The first-order valence-electron chi connectivity index (χ1n) is 6.20. The molecule has 1 aliphatic rings. The molecule has 0 aliphatic heterocycles. The maximum absolute atomic E-state index is 11.9. The average molecular weight is 240 g/mol. The predicted molar refractivity (Wildman–Crippen MR) is 62.3 cm³/mol. The Morgan fingerprint density at radius 2 is 1.82 bits per heavy atom. The van der Waals surface area contributed by atoms with Crippen molar-refractivity contribution in [3.05, 3.63) is 0 Å². The van der Waals surface area contributed by atoms with Crippen LogP contribution in [0.15, 0.2) is 0 Å². The second-order valence-corrected chi connectivity index (χ2v) is 4.81. The van der Waals surface area contributed by atoms with E-state index in [1.165, 1.54) is 0 Å². The van der Waals surface area contributed by atoms with E-state index in [0.717, 1.165) is 12.8 Å². The number of hydrogen-bond acceptors (Lipinski definition) is 4. The first-order valence-corrected chi connectivity index (χ1v) is 6.20. The van der Waals surface area contributed by atoms with Crippen LogP contribution in [-0.4, -0.2) is 24.1 Å². The third kappa shape index (κ3) is 3.95. The number of hydrogen-bond donors (Lipinski definition) is 0. The van der Waals surface area contributed by atoms with Crippen molar-refractivity contribution >= 4 is 17.5 Å². The van der Waals surface area contributed by atoms with Gasteiger partial charge in [-0.05, 0) is 19.8 Å². The standard InChI is InChI=1S/C13H20O4/c1-4-17-13(16)10(12(15)8(2)3)7-11(14)9-5-6-9/h8-10H,4-7H2,1-3H3. The van der Waals surface area contributed by atoms with Gasteiger partial charge in [-0.25, -0.2) is 0 Å². The van der Waals surface area contributed by atoms with Gasteiger partial charge in [0.2, 0.25) is 0 Å². The third-order valence-corrected chi connectivity index (χ3v) is 2.92. The summed E-state index contributed by atoms with van der Waals surface area (Å²) in [5, 5.41) is 0. The monoisotopic (exact) mass is 240 g/mol. The van der Waals surface area contributed by atoms with Gasteiger partial charge in [-0.3, -0.25) is 14.4 Å². The summed E-state index contributed by atoms with van der Waals surface area (Å²) in [5.41, 5.74) is 0. The van der Waals surface area contributed by atoms with E-state index < -0.39 is 11.9 Å². The Balaban J connectivity index is 2.66. The van der Waals surface area contributed by atoms with E-state index in [1.807, 2.05) is 0 Å². The molecule has 1 aliphatic carbocycles. The lowest BCUT2D eigenvalue weighted by molar-refractivity contribution is -0.154. The van der Waals surface area contributed by atoms with Crippen LogP contribution in [0.3, 0.4) is 0 Å². The Morgan fingerprint density at radius 3 is 2.24 bits per heavy atom. The smallest absolute Gasteiger partial charge is 0.316 e. The molecule has 96 valence electrons. The number of rotatable bonds is 7. The summed E-state index contributed by atoms with van der Waals surface area (Å²) in [4.78, 5) is 35.2. The fourth-order valence-corrected chi connectivity index (χ4v) is 1.72. The Bertz CT molecular complexity index is 315. The van der Waals surface area contributed by atoms with Crippen LogP contribution in [0.1, 0.15) is 40.0 Å². The van der Waals surface area contributed by atoms with E-state index in [1.54, 1.807) is 20.8 Å². The molecule has 1 atom stereocenters. The summed E-state index contributed by atoms with van der Waals surface area (Å²) >= 11 is 0. The summed E-state index contributed by atoms with van der Waals surface area (Å²) in [5.74, 6) is -1.80. The first-order chi connectivity index (χ1) is 7.97. The van der Waals surface area contributed by atoms with Crippen LogP contribution in [0.4, 0.5) is 0 Å². The minimum absolute atomic E-state index is 0.0144. The van der Waals surface area contributed by atoms with E-state index in [2.05, 4.69) is 0 Å². The van der Waals surface area contributed by atoms with Crippen molar-refractivity contribution < 1.29 is 19.1 Å². The Morgan fingerprint density at radius 1 is 1.24 bits per heavy atom. The molecule has 0 heterocycles. The average Bonchev–Trinajstić information content (AvgIpc) is 3.08. The highest BCUT2D eigenvalue weighted by atomic mass is 16.5. The number of carbonyl (C=O) groups is 3. The highest BCUT2D eigenvalue weighted by Gasteiger charge is 2.37. The number of Topliss-reactive ketones (excluding diaryl/α,β-unsaturated/α-hetero) is 2. The first kappa shape index (κ1) is 13.9. The van der Waals surface area contributed by atoms with Crippen LogP contribution in [0.25, 0.3) is 0 Å².